The van der Waals surface area contributed by atoms with Crippen molar-refractivity contribution in [2.75, 3.05) is 19.0 Å². The van der Waals surface area contributed by atoms with Crippen LogP contribution in [0.25, 0.3) is 5.65 Å². The summed E-state index contributed by atoms with van der Waals surface area (Å²) in [6.45, 7) is 3.33. The van der Waals surface area contributed by atoms with Gasteiger partial charge in [-0.1, -0.05) is 13.0 Å². The Kier molecular flexibility index (Phi) is 5.40. The Labute approximate surface area is 174 Å². The van der Waals surface area contributed by atoms with Crippen molar-refractivity contribution >= 4 is 28.7 Å². The molecule has 0 N–H and O–H groups in total. The van der Waals surface area contributed by atoms with E-state index in [1.807, 2.05) is 34.9 Å². The molecule has 0 aliphatic carbocycles. The molecule has 0 aliphatic rings. The minimum Gasteiger partial charge on any atom is -0.467 e. The highest BCUT2D eigenvalue weighted by molar-refractivity contribution is 7.09. The number of nitrogens with zero attached hydrogens (tertiary/aromatic N) is 4. The lowest BCUT2D eigenvalue weighted by Crippen LogP contribution is -2.26. The third-order valence-electron chi connectivity index (χ3n) is 4.90. The summed E-state index contributed by atoms with van der Waals surface area (Å²) in [5.74, 6) is 1.73. The molecule has 7 heteroatoms. The van der Waals surface area contributed by atoms with Crippen LogP contribution in [0.15, 0.2) is 58.7 Å². The quantitative estimate of drug-likeness (QED) is 0.453. The molecule has 4 aromatic heterocycles. The molecular weight excluding hydrogens is 384 g/mol. The molecule has 4 heterocycles. The summed E-state index contributed by atoms with van der Waals surface area (Å²) in [5, 5.41) is 2.09. The van der Waals surface area contributed by atoms with E-state index in [2.05, 4.69) is 36.4 Å². The molecule has 150 valence electrons. The normalized spacial score (nSPS) is 11.1. The average Bonchev–Trinajstić information content (AvgIpc) is 3.47. The van der Waals surface area contributed by atoms with Gasteiger partial charge in [0.25, 0.3) is 5.91 Å². The molecular formula is C22H24N4O2S. The Hall–Kier alpha value is -3.06. The van der Waals surface area contributed by atoms with E-state index in [1.54, 1.807) is 29.5 Å². The Balaban J connectivity index is 1.66. The number of thiophene rings is 1. The van der Waals surface area contributed by atoms with E-state index in [0.29, 0.717) is 12.1 Å². The molecule has 0 fully saturated rings. The summed E-state index contributed by atoms with van der Waals surface area (Å²) in [7, 11) is 3.85. The SMILES string of the molecule is CCc1nc2ccc(C(=O)N(C)Cc3ccco3)cn2c1N(C)Cc1cccs1. The number of aromatic nitrogens is 2. The number of hydrogen-bond donors (Lipinski definition) is 0. The Bertz CT molecular complexity index is 1100. The highest BCUT2D eigenvalue weighted by Crippen LogP contribution is 2.25. The summed E-state index contributed by atoms with van der Waals surface area (Å²) in [6.07, 6.45) is 4.34. The van der Waals surface area contributed by atoms with Crippen LogP contribution in [0.3, 0.4) is 0 Å². The molecule has 0 atom stereocenters. The standard InChI is InChI=1S/C22H24N4O2S/c1-4-19-21(24(2)15-18-8-6-12-29-18)26-13-16(9-10-20(26)23-19)22(27)25(3)14-17-7-5-11-28-17/h5-13H,4,14-15H2,1-3H3. The van der Waals surface area contributed by atoms with Crippen molar-refractivity contribution in [2.24, 2.45) is 0 Å². The van der Waals surface area contributed by atoms with Crippen LogP contribution in [0.4, 0.5) is 5.82 Å². The number of carbonyl (C=O) groups excluding carboxylic acids is 1. The average molecular weight is 409 g/mol. The lowest BCUT2D eigenvalue weighted by atomic mass is 10.2. The summed E-state index contributed by atoms with van der Waals surface area (Å²) in [6, 6.07) is 11.6. The van der Waals surface area contributed by atoms with Gasteiger partial charge in [-0.25, -0.2) is 4.98 Å². The van der Waals surface area contributed by atoms with Crippen LogP contribution < -0.4 is 4.90 Å². The number of anilines is 1. The Morgan fingerprint density at radius 2 is 2.03 bits per heavy atom. The van der Waals surface area contributed by atoms with E-state index >= 15 is 0 Å². The topological polar surface area (TPSA) is 54.0 Å². The number of hydrogen-bond acceptors (Lipinski definition) is 5. The number of pyridine rings is 1. The molecule has 0 radical (unpaired) electrons. The molecule has 0 spiro atoms. The molecule has 6 nitrogen and oxygen atoms in total. The van der Waals surface area contributed by atoms with Gasteiger partial charge in [-0.3, -0.25) is 9.20 Å². The maximum absolute atomic E-state index is 13.0. The molecule has 0 aliphatic heterocycles. The predicted molar refractivity (Wildman–Crippen MR) is 116 cm³/mol. The van der Waals surface area contributed by atoms with Gasteiger partial charge in [0.1, 0.15) is 17.2 Å². The first-order chi connectivity index (χ1) is 14.1. The van der Waals surface area contributed by atoms with Gasteiger partial charge in [-0.2, -0.15) is 0 Å². The van der Waals surface area contributed by atoms with Gasteiger partial charge in [0.15, 0.2) is 0 Å². The molecule has 0 saturated carbocycles. The zero-order chi connectivity index (χ0) is 20.4. The smallest absolute Gasteiger partial charge is 0.255 e. The van der Waals surface area contributed by atoms with Crippen molar-refractivity contribution in [3.05, 3.63) is 76.1 Å². The molecule has 0 unspecified atom stereocenters. The van der Waals surface area contributed by atoms with Gasteiger partial charge in [-0.15, -0.1) is 11.3 Å². The van der Waals surface area contributed by atoms with Crippen LogP contribution in [-0.4, -0.2) is 34.3 Å². The lowest BCUT2D eigenvalue weighted by molar-refractivity contribution is 0.0775. The van der Waals surface area contributed by atoms with Gasteiger partial charge < -0.3 is 14.2 Å². The second kappa shape index (κ2) is 8.13. The fraction of sp³-hybridized carbons (Fsp3) is 0.273. The lowest BCUT2D eigenvalue weighted by Gasteiger charge is -2.20. The molecule has 1 amide bonds. The van der Waals surface area contributed by atoms with Gasteiger partial charge in [0, 0.05) is 25.2 Å². The minimum absolute atomic E-state index is 0.0538. The van der Waals surface area contributed by atoms with Crippen molar-refractivity contribution in [1.82, 2.24) is 14.3 Å². The van der Waals surface area contributed by atoms with Gasteiger partial charge in [0.2, 0.25) is 0 Å². The van der Waals surface area contributed by atoms with Gasteiger partial charge in [-0.05, 0) is 42.1 Å². The van der Waals surface area contributed by atoms with Crippen molar-refractivity contribution < 1.29 is 9.21 Å². The number of carbonyl (C=O) groups is 1. The second-order valence-electron chi connectivity index (χ2n) is 7.06. The van der Waals surface area contributed by atoms with Crippen LogP contribution in [0, 0.1) is 0 Å². The second-order valence-corrected chi connectivity index (χ2v) is 8.09. The van der Waals surface area contributed by atoms with Gasteiger partial charge in [0.05, 0.1) is 30.6 Å². The van der Waals surface area contributed by atoms with Crippen LogP contribution >= 0.6 is 11.3 Å². The fourth-order valence-electron chi connectivity index (χ4n) is 3.49. The van der Waals surface area contributed by atoms with Crippen LogP contribution in [-0.2, 0) is 19.5 Å². The van der Waals surface area contributed by atoms with Crippen molar-refractivity contribution in [1.29, 1.82) is 0 Å². The highest BCUT2D eigenvalue weighted by atomic mass is 32.1. The third kappa shape index (κ3) is 3.91. The zero-order valence-electron chi connectivity index (χ0n) is 16.8. The third-order valence-corrected chi connectivity index (χ3v) is 5.76. The molecule has 0 saturated heterocycles. The van der Waals surface area contributed by atoms with Crippen molar-refractivity contribution in [2.45, 2.75) is 26.4 Å². The summed E-state index contributed by atoms with van der Waals surface area (Å²) >= 11 is 1.74. The maximum Gasteiger partial charge on any atom is 0.255 e. The number of furan rings is 1. The van der Waals surface area contributed by atoms with Crippen molar-refractivity contribution in [3.63, 3.8) is 0 Å². The van der Waals surface area contributed by atoms with E-state index in [4.69, 9.17) is 9.40 Å². The monoisotopic (exact) mass is 408 g/mol. The van der Waals surface area contributed by atoms with Crippen LogP contribution in [0.5, 0.6) is 0 Å². The molecule has 0 aromatic carbocycles. The van der Waals surface area contributed by atoms with E-state index in [9.17, 15) is 4.79 Å². The predicted octanol–water partition coefficient (Wildman–Crippen LogP) is 4.46. The van der Waals surface area contributed by atoms with Crippen LogP contribution in [0.1, 0.15) is 33.6 Å². The van der Waals surface area contributed by atoms with E-state index in [1.165, 1.54) is 4.88 Å². The van der Waals surface area contributed by atoms with E-state index in [0.717, 1.165) is 35.9 Å². The number of amides is 1. The van der Waals surface area contributed by atoms with E-state index in [-0.39, 0.29) is 5.91 Å². The van der Waals surface area contributed by atoms with Crippen LogP contribution in [0.2, 0.25) is 0 Å². The largest absolute Gasteiger partial charge is 0.467 e. The number of fused-ring (bicyclic) bond motifs is 1. The zero-order valence-corrected chi connectivity index (χ0v) is 17.6. The molecule has 29 heavy (non-hydrogen) atoms. The number of imidazole rings is 1. The van der Waals surface area contributed by atoms with Crippen molar-refractivity contribution in [3.8, 4) is 0 Å². The molecule has 0 bridgehead atoms. The summed E-state index contributed by atoms with van der Waals surface area (Å²) in [5.41, 5.74) is 2.50. The maximum atomic E-state index is 13.0. The summed E-state index contributed by atoms with van der Waals surface area (Å²) < 4.78 is 7.39. The summed E-state index contributed by atoms with van der Waals surface area (Å²) in [4.78, 5) is 22.9. The molecule has 4 aromatic rings. The number of rotatable bonds is 7. The van der Waals surface area contributed by atoms with Gasteiger partial charge >= 0.3 is 0 Å². The van der Waals surface area contributed by atoms with E-state index < -0.39 is 0 Å². The first-order valence-corrected chi connectivity index (χ1v) is 10.5. The Morgan fingerprint density at radius 3 is 2.72 bits per heavy atom. The first kappa shape index (κ1) is 19.3. The molecule has 4 rings (SSSR count). The Morgan fingerprint density at radius 1 is 1.17 bits per heavy atom. The number of aryl methyl sites for hydroxylation is 1. The minimum atomic E-state index is -0.0538. The fourth-order valence-corrected chi connectivity index (χ4v) is 4.25. The first-order valence-electron chi connectivity index (χ1n) is 9.59. The highest BCUT2D eigenvalue weighted by Gasteiger charge is 2.19.